The average Bonchev–Trinajstić information content (AvgIpc) is 2.74. The molecular weight excluding hydrogens is 140 g/mol. The highest BCUT2D eigenvalue weighted by Crippen LogP contribution is 2.47. The second kappa shape index (κ2) is 1.83. The molecule has 3 heteroatoms. The van der Waals surface area contributed by atoms with Crippen LogP contribution in [-0.2, 0) is 4.79 Å². The maximum atomic E-state index is 11.5. The number of rotatable bonds is 0. The van der Waals surface area contributed by atoms with E-state index in [0.29, 0.717) is 6.54 Å². The molecule has 0 aromatic heterocycles. The van der Waals surface area contributed by atoms with Crippen LogP contribution >= 0.6 is 0 Å². The number of nitrogens with zero attached hydrogens (tertiary/aromatic N) is 2. The van der Waals surface area contributed by atoms with Crippen molar-refractivity contribution in [3.63, 3.8) is 0 Å². The van der Waals surface area contributed by atoms with Crippen molar-refractivity contribution in [2.45, 2.75) is 18.4 Å². The Labute approximate surface area is 65.6 Å². The normalized spacial score (nSPS) is 34.2. The zero-order valence-corrected chi connectivity index (χ0v) is 6.50. The van der Waals surface area contributed by atoms with Gasteiger partial charge in [-0.25, -0.2) is 0 Å². The number of nitriles is 1. The maximum absolute atomic E-state index is 11.5. The summed E-state index contributed by atoms with van der Waals surface area (Å²) in [5.74, 6) is -0.204. The molecule has 58 valence electrons. The van der Waals surface area contributed by atoms with Gasteiger partial charge in [-0.2, -0.15) is 5.26 Å². The third-order valence-electron chi connectivity index (χ3n) is 2.84. The van der Waals surface area contributed by atoms with Crippen LogP contribution in [0.25, 0.3) is 0 Å². The van der Waals surface area contributed by atoms with E-state index < -0.39 is 0 Å². The Morgan fingerprint density at radius 1 is 1.73 bits per heavy atom. The SMILES string of the molecule is CN1CC(C#N)C(=O)C12CC2. The summed E-state index contributed by atoms with van der Waals surface area (Å²) in [5, 5.41) is 8.62. The first-order valence-electron chi connectivity index (χ1n) is 3.86. The molecule has 0 aromatic rings. The molecule has 1 atom stereocenters. The molecule has 2 rings (SSSR count). The molecule has 0 amide bonds. The lowest BCUT2D eigenvalue weighted by molar-refractivity contribution is -0.122. The lowest BCUT2D eigenvalue weighted by Crippen LogP contribution is -2.31. The fourth-order valence-electron chi connectivity index (χ4n) is 1.89. The Hall–Kier alpha value is -0.880. The third-order valence-corrected chi connectivity index (χ3v) is 2.84. The van der Waals surface area contributed by atoms with Crippen molar-refractivity contribution in [3.8, 4) is 6.07 Å². The molecule has 3 nitrogen and oxygen atoms in total. The molecule has 11 heavy (non-hydrogen) atoms. The molecule has 1 unspecified atom stereocenters. The molecule has 0 N–H and O–H groups in total. The number of likely N-dealkylation sites (N-methyl/N-ethyl adjacent to an activating group) is 1. The van der Waals surface area contributed by atoms with Crippen molar-refractivity contribution in [1.29, 1.82) is 5.26 Å². The van der Waals surface area contributed by atoms with Crippen LogP contribution < -0.4 is 0 Å². The minimum Gasteiger partial charge on any atom is -0.296 e. The van der Waals surface area contributed by atoms with Crippen molar-refractivity contribution in [2.75, 3.05) is 13.6 Å². The van der Waals surface area contributed by atoms with Gasteiger partial charge in [0, 0.05) is 6.54 Å². The largest absolute Gasteiger partial charge is 0.296 e. The summed E-state index contributed by atoms with van der Waals surface area (Å²) in [6.45, 7) is 0.634. The Morgan fingerprint density at radius 2 is 2.36 bits per heavy atom. The molecule has 2 fully saturated rings. The zero-order valence-electron chi connectivity index (χ0n) is 6.50. The summed E-state index contributed by atoms with van der Waals surface area (Å²) >= 11 is 0. The van der Waals surface area contributed by atoms with Crippen LogP contribution in [0.1, 0.15) is 12.8 Å². The van der Waals surface area contributed by atoms with Gasteiger partial charge in [-0.3, -0.25) is 9.69 Å². The molecule has 0 aromatic carbocycles. The average molecular weight is 150 g/mol. The van der Waals surface area contributed by atoms with Gasteiger partial charge < -0.3 is 0 Å². The highest BCUT2D eigenvalue weighted by atomic mass is 16.1. The minimum atomic E-state index is -0.359. The van der Waals surface area contributed by atoms with Crippen LogP contribution in [0.3, 0.4) is 0 Å². The van der Waals surface area contributed by atoms with Gasteiger partial charge in [-0.05, 0) is 19.9 Å². The number of carbonyl (C=O) groups excluding carboxylic acids is 1. The van der Waals surface area contributed by atoms with Gasteiger partial charge >= 0.3 is 0 Å². The topological polar surface area (TPSA) is 44.1 Å². The maximum Gasteiger partial charge on any atom is 0.171 e. The first-order chi connectivity index (χ1) is 5.20. The molecule has 2 aliphatic rings. The number of hydrogen-bond donors (Lipinski definition) is 0. The van der Waals surface area contributed by atoms with Crippen LogP contribution in [0.4, 0.5) is 0 Å². The van der Waals surface area contributed by atoms with E-state index in [-0.39, 0.29) is 17.2 Å². The molecule has 1 saturated heterocycles. The Morgan fingerprint density at radius 3 is 2.64 bits per heavy atom. The minimum absolute atomic E-state index is 0.155. The molecule has 1 heterocycles. The Balaban J connectivity index is 2.28. The smallest absolute Gasteiger partial charge is 0.171 e. The van der Waals surface area contributed by atoms with Crippen molar-refractivity contribution < 1.29 is 4.79 Å². The summed E-state index contributed by atoms with van der Waals surface area (Å²) in [4.78, 5) is 13.5. The van der Waals surface area contributed by atoms with Gasteiger partial charge in [-0.15, -0.1) is 0 Å². The van der Waals surface area contributed by atoms with Gasteiger partial charge in [0.1, 0.15) is 5.92 Å². The summed E-state index contributed by atoms with van der Waals surface area (Å²) in [6, 6.07) is 2.05. The van der Waals surface area contributed by atoms with Crippen LogP contribution in [-0.4, -0.2) is 29.8 Å². The summed E-state index contributed by atoms with van der Waals surface area (Å²) in [5.41, 5.74) is -0.194. The van der Waals surface area contributed by atoms with Crippen molar-refractivity contribution in [2.24, 2.45) is 5.92 Å². The van der Waals surface area contributed by atoms with E-state index in [2.05, 4.69) is 0 Å². The first kappa shape index (κ1) is 6.81. The van der Waals surface area contributed by atoms with E-state index in [4.69, 9.17) is 5.26 Å². The summed E-state index contributed by atoms with van der Waals surface area (Å²) in [6.07, 6.45) is 1.92. The van der Waals surface area contributed by atoms with Crippen LogP contribution in [0.5, 0.6) is 0 Å². The van der Waals surface area contributed by atoms with E-state index in [1.165, 1.54) is 0 Å². The monoisotopic (exact) mass is 150 g/mol. The molecular formula is C8H10N2O. The molecule has 0 bridgehead atoms. The fourth-order valence-corrected chi connectivity index (χ4v) is 1.89. The molecule has 0 radical (unpaired) electrons. The number of hydrogen-bond acceptors (Lipinski definition) is 3. The molecule has 1 spiro atoms. The van der Waals surface area contributed by atoms with Crippen LogP contribution in [0.2, 0.25) is 0 Å². The van der Waals surface area contributed by atoms with Crippen molar-refractivity contribution in [1.82, 2.24) is 4.90 Å². The van der Waals surface area contributed by atoms with Gasteiger partial charge in [0.05, 0.1) is 11.6 Å². The Kier molecular flexibility index (Phi) is 1.13. The predicted molar refractivity (Wildman–Crippen MR) is 38.7 cm³/mol. The number of likely N-dealkylation sites (tertiary alicyclic amines) is 1. The number of ketones is 1. The van der Waals surface area contributed by atoms with Gasteiger partial charge in [0.2, 0.25) is 0 Å². The second-order valence-electron chi connectivity index (χ2n) is 3.46. The molecule has 1 saturated carbocycles. The number of Topliss-reactive ketones (excluding diaryl/α,β-unsaturated/α-hetero) is 1. The van der Waals surface area contributed by atoms with E-state index in [0.717, 1.165) is 12.8 Å². The van der Waals surface area contributed by atoms with Crippen molar-refractivity contribution >= 4 is 5.78 Å². The van der Waals surface area contributed by atoms with Gasteiger partial charge in [0.15, 0.2) is 5.78 Å². The van der Waals surface area contributed by atoms with E-state index in [1.54, 1.807) is 0 Å². The highest BCUT2D eigenvalue weighted by molar-refractivity contribution is 5.97. The standard InChI is InChI=1S/C8H10N2O/c1-10-5-6(4-9)7(11)8(10)2-3-8/h6H,2-3,5H2,1H3. The molecule has 1 aliphatic heterocycles. The molecule has 1 aliphatic carbocycles. The lowest BCUT2D eigenvalue weighted by Gasteiger charge is -2.14. The summed E-state index contributed by atoms with van der Waals surface area (Å²) in [7, 11) is 1.93. The third kappa shape index (κ3) is 0.678. The fraction of sp³-hybridized carbons (Fsp3) is 0.750. The second-order valence-corrected chi connectivity index (χ2v) is 3.46. The lowest BCUT2D eigenvalue weighted by atomic mass is 10.0. The van der Waals surface area contributed by atoms with Crippen LogP contribution in [0, 0.1) is 17.2 Å². The number of carbonyl (C=O) groups is 1. The van der Waals surface area contributed by atoms with Gasteiger partial charge in [0.25, 0.3) is 0 Å². The van der Waals surface area contributed by atoms with E-state index in [9.17, 15) is 4.79 Å². The Bertz CT molecular complexity index is 249. The van der Waals surface area contributed by atoms with Crippen molar-refractivity contribution in [3.05, 3.63) is 0 Å². The van der Waals surface area contributed by atoms with E-state index >= 15 is 0 Å². The highest BCUT2D eigenvalue weighted by Gasteiger charge is 2.59. The zero-order chi connectivity index (χ0) is 8.06. The van der Waals surface area contributed by atoms with Gasteiger partial charge in [-0.1, -0.05) is 0 Å². The predicted octanol–water partition coefficient (Wildman–Crippen LogP) is 0.173. The summed E-state index contributed by atoms with van der Waals surface area (Å²) < 4.78 is 0. The van der Waals surface area contributed by atoms with E-state index in [1.807, 2.05) is 18.0 Å². The first-order valence-corrected chi connectivity index (χ1v) is 3.86. The van der Waals surface area contributed by atoms with Crippen LogP contribution in [0.15, 0.2) is 0 Å². The quantitative estimate of drug-likeness (QED) is 0.494.